The van der Waals surface area contributed by atoms with E-state index in [-0.39, 0.29) is 18.0 Å². The fourth-order valence-corrected chi connectivity index (χ4v) is 2.92. The quantitative estimate of drug-likeness (QED) is 0.778. The molecule has 1 amide bonds. The number of benzene rings is 1. The zero-order valence-electron chi connectivity index (χ0n) is 15.0. The van der Waals surface area contributed by atoms with Crippen molar-refractivity contribution in [3.8, 4) is 5.69 Å². The van der Waals surface area contributed by atoms with Crippen molar-refractivity contribution in [1.29, 1.82) is 0 Å². The molecule has 1 N–H and O–H groups in total. The number of nitrogens with zero attached hydrogens (tertiary/aromatic N) is 4. The van der Waals surface area contributed by atoms with Gasteiger partial charge in [-0.25, -0.2) is 4.68 Å². The van der Waals surface area contributed by atoms with Crippen molar-refractivity contribution in [1.82, 2.24) is 24.9 Å². The Morgan fingerprint density at radius 1 is 1.16 bits per heavy atom. The largest absolute Gasteiger partial charge is 0.348 e. The molecule has 0 saturated carbocycles. The number of aromatic nitrogens is 4. The second kappa shape index (κ2) is 6.93. The fourth-order valence-electron chi connectivity index (χ4n) is 2.92. The van der Waals surface area contributed by atoms with Gasteiger partial charge in [0.25, 0.3) is 0 Å². The second-order valence-corrected chi connectivity index (χ2v) is 6.32. The number of hydrogen-bond donors (Lipinski definition) is 1. The average Bonchev–Trinajstić information content (AvgIpc) is 3.24. The average molecular weight is 337 g/mol. The molecular formula is C19H23N5O. The fraction of sp³-hybridized carbons (Fsp3) is 0.316. The van der Waals surface area contributed by atoms with Crippen LogP contribution in [0.5, 0.6) is 0 Å². The van der Waals surface area contributed by atoms with Crippen LogP contribution in [0, 0.1) is 13.8 Å². The zero-order chi connectivity index (χ0) is 18.0. The molecule has 0 fully saturated rings. The predicted molar refractivity (Wildman–Crippen MR) is 96.5 cm³/mol. The molecule has 3 rings (SSSR count). The van der Waals surface area contributed by atoms with Gasteiger partial charge in [-0.3, -0.25) is 9.48 Å². The molecular weight excluding hydrogens is 314 g/mol. The molecule has 0 aliphatic heterocycles. The van der Waals surface area contributed by atoms with E-state index in [1.807, 2.05) is 70.3 Å². The van der Waals surface area contributed by atoms with E-state index in [9.17, 15) is 4.79 Å². The van der Waals surface area contributed by atoms with Crippen LogP contribution in [-0.2, 0) is 4.79 Å². The summed E-state index contributed by atoms with van der Waals surface area (Å²) in [6.45, 7) is 7.73. The molecule has 3 aromatic rings. The first-order chi connectivity index (χ1) is 12.0. The highest BCUT2D eigenvalue weighted by Crippen LogP contribution is 2.18. The molecule has 25 heavy (non-hydrogen) atoms. The van der Waals surface area contributed by atoms with E-state index in [2.05, 4.69) is 15.5 Å². The first-order valence-electron chi connectivity index (χ1n) is 8.39. The molecule has 0 bridgehead atoms. The number of hydrogen-bond acceptors (Lipinski definition) is 3. The van der Waals surface area contributed by atoms with Crippen molar-refractivity contribution in [2.24, 2.45) is 0 Å². The second-order valence-electron chi connectivity index (χ2n) is 6.32. The van der Waals surface area contributed by atoms with Gasteiger partial charge in [0.1, 0.15) is 6.04 Å². The molecule has 2 unspecified atom stereocenters. The molecule has 0 aliphatic carbocycles. The SMILES string of the molecule is Cc1cc(C)n(C(C)C(=O)NC(C)c2cccc(-n3cccn3)c2)n1. The molecule has 0 saturated heterocycles. The van der Waals surface area contributed by atoms with Crippen LogP contribution in [0.15, 0.2) is 48.8 Å². The van der Waals surface area contributed by atoms with Gasteiger partial charge in [-0.05, 0) is 57.5 Å². The van der Waals surface area contributed by atoms with Crippen molar-refractivity contribution >= 4 is 5.91 Å². The summed E-state index contributed by atoms with van der Waals surface area (Å²) in [6.07, 6.45) is 3.64. The number of carbonyl (C=O) groups excluding carboxylic acids is 1. The van der Waals surface area contributed by atoms with E-state index in [1.165, 1.54) is 0 Å². The van der Waals surface area contributed by atoms with E-state index in [4.69, 9.17) is 0 Å². The molecule has 130 valence electrons. The van der Waals surface area contributed by atoms with Crippen LogP contribution in [-0.4, -0.2) is 25.5 Å². The Hall–Kier alpha value is -2.89. The number of nitrogens with one attached hydrogen (secondary N) is 1. The van der Waals surface area contributed by atoms with Gasteiger partial charge in [0, 0.05) is 18.1 Å². The number of rotatable bonds is 5. The van der Waals surface area contributed by atoms with Gasteiger partial charge in [-0.2, -0.15) is 10.2 Å². The maximum absolute atomic E-state index is 12.6. The summed E-state index contributed by atoms with van der Waals surface area (Å²) in [4.78, 5) is 12.6. The van der Waals surface area contributed by atoms with Crippen molar-refractivity contribution < 1.29 is 4.79 Å². The maximum atomic E-state index is 12.6. The summed E-state index contributed by atoms with van der Waals surface area (Å²) >= 11 is 0. The number of carbonyl (C=O) groups is 1. The Morgan fingerprint density at radius 3 is 2.60 bits per heavy atom. The third kappa shape index (κ3) is 3.63. The van der Waals surface area contributed by atoms with Gasteiger partial charge >= 0.3 is 0 Å². The summed E-state index contributed by atoms with van der Waals surface area (Å²) in [6, 6.07) is 11.4. The molecule has 2 atom stereocenters. The lowest BCUT2D eigenvalue weighted by Gasteiger charge is -2.19. The third-order valence-electron chi connectivity index (χ3n) is 4.29. The van der Waals surface area contributed by atoms with E-state index in [0.29, 0.717) is 0 Å². The van der Waals surface area contributed by atoms with Gasteiger partial charge in [0.15, 0.2) is 0 Å². The topological polar surface area (TPSA) is 64.7 Å². The van der Waals surface area contributed by atoms with Crippen LogP contribution in [0.1, 0.15) is 42.9 Å². The summed E-state index contributed by atoms with van der Waals surface area (Å²) in [5.41, 5.74) is 3.89. The Labute approximate surface area is 147 Å². The minimum Gasteiger partial charge on any atom is -0.348 e. The van der Waals surface area contributed by atoms with Crippen LogP contribution in [0.25, 0.3) is 5.69 Å². The predicted octanol–water partition coefficient (Wildman–Crippen LogP) is 3.12. The molecule has 1 aromatic carbocycles. The number of aryl methyl sites for hydroxylation is 2. The normalized spacial score (nSPS) is 13.4. The summed E-state index contributed by atoms with van der Waals surface area (Å²) in [5.74, 6) is -0.0526. The van der Waals surface area contributed by atoms with Crippen LogP contribution >= 0.6 is 0 Å². The Bertz CT molecular complexity index is 866. The van der Waals surface area contributed by atoms with Crippen molar-refractivity contribution in [3.05, 3.63) is 65.7 Å². The molecule has 6 heteroatoms. The van der Waals surface area contributed by atoms with Crippen molar-refractivity contribution in [3.63, 3.8) is 0 Å². The van der Waals surface area contributed by atoms with Gasteiger partial charge in [-0.1, -0.05) is 12.1 Å². The standard InChI is InChI=1S/C19H23N5O/c1-13-11-14(2)24(22-13)16(4)19(25)21-15(3)17-7-5-8-18(12-17)23-10-6-9-20-23/h5-12,15-16H,1-4H3,(H,21,25). The number of amides is 1. The highest BCUT2D eigenvalue weighted by Gasteiger charge is 2.20. The molecule has 6 nitrogen and oxygen atoms in total. The van der Waals surface area contributed by atoms with Crippen LogP contribution in [0.2, 0.25) is 0 Å². The van der Waals surface area contributed by atoms with E-state index >= 15 is 0 Å². The monoisotopic (exact) mass is 337 g/mol. The van der Waals surface area contributed by atoms with E-state index in [1.54, 1.807) is 15.6 Å². The Balaban J connectivity index is 1.73. The summed E-state index contributed by atoms with van der Waals surface area (Å²) in [5, 5.41) is 11.7. The first-order valence-corrected chi connectivity index (χ1v) is 8.39. The van der Waals surface area contributed by atoms with Crippen LogP contribution in [0.4, 0.5) is 0 Å². The van der Waals surface area contributed by atoms with Gasteiger partial charge in [-0.15, -0.1) is 0 Å². The lowest BCUT2D eigenvalue weighted by molar-refractivity contribution is -0.124. The molecule has 0 radical (unpaired) electrons. The van der Waals surface area contributed by atoms with Crippen molar-refractivity contribution in [2.45, 2.75) is 39.8 Å². The summed E-state index contributed by atoms with van der Waals surface area (Å²) < 4.78 is 3.56. The van der Waals surface area contributed by atoms with Gasteiger partial charge in [0.2, 0.25) is 5.91 Å². The van der Waals surface area contributed by atoms with Crippen molar-refractivity contribution in [2.75, 3.05) is 0 Å². The highest BCUT2D eigenvalue weighted by atomic mass is 16.2. The maximum Gasteiger partial charge on any atom is 0.245 e. The lowest BCUT2D eigenvalue weighted by Crippen LogP contribution is -2.33. The molecule has 2 aromatic heterocycles. The van der Waals surface area contributed by atoms with E-state index < -0.39 is 0 Å². The smallest absolute Gasteiger partial charge is 0.245 e. The Kier molecular flexibility index (Phi) is 4.70. The Morgan fingerprint density at radius 2 is 1.96 bits per heavy atom. The zero-order valence-corrected chi connectivity index (χ0v) is 15.0. The van der Waals surface area contributed by atoms with E-state index in [0.717, 1.165) is 22.6 Å². The molecule has 0 aliphatic rings. The minimum atomic E-state index is -0.356. The molecule has 2 heterocycles. The lowest BCUT2D eigenvalue weighted by atomic mass is 10.1. The minimum absolute atomic E-state index is 0.0526. The molecule has 0 spiro atoms. The van der Waals surface area contributed by atoms with Crippen LogP contribution in [0.3, 0.4) is 0 Å². The van der Waals surface area contributed by atoms with Crippen LogP contribution < -0.4 is 5.32 Å². The summed E-state index contributed by atoms with van der Waals surface area (Å²) in [7, 11) is 0. The van der Waals surface area contributed by atoms with Gasteiger partial charge in [0.05, 0.1) is 17.4 Å². The highest BCUT2D eigenvalue weighted by molar-refractivity contribution is 5.80. The third-order valence-corrected chi connectivity index (χ3v) is 4.29. The first kappa shape index (κ1) is 17.0. The van der Waals surface area contributed by atoms with Gasteiger partial charge < -0.3 is 5.32 Å².